The molecule has 0 fully saturated rings. The lowest BCUT2D eigenvalue weighted by molar-refractivity contribution is -0.386. The second-order valence-corrected chi connectivity index (χ2v) is 3.70. The van der Waals surface area contributed by atoms with Crippen molar-refractivity contribution in [2.24, 2.45) is 5.73 Å². The van der Waals surface area contributed by atoms with Crippen molar-refractivity contribution in [1.29, 1.82) is 0 Å². The highest BCUT2D eigenvalue weighted by Crippen LogP contribution is 2.29. The molecule has 2 N–H and O–H groups in total. The molecule has 0 atom stereocenters. The molecule has 0 bridgehead atoms. The highest BCUT2D eigenvalue weighted by molar-refractivity contribution is 5.83. The van der Waals surface area contributed by atoms with Crippen molar-refractivity contribution in [1.82, 2.24) is 0 Å². The second kappa shape index (κ2) is 4.18. The van der Waals surface area contributed by atoms with Crippen LogP contribution < -0.4 is 10.5 Å². The molecule has 0 spiro atoms. The van der Waals surface area contributed by atoms with Gasteiger partial charge in [-0.15, -0.1) is 0 Å². The van der Waals surface area contributed by atoms with Crippen LogP contribution in [0.15, 0.2) is 24.3 Å². The third kappa shape index (κ3) is 2.47. The SMILES string of the molecule is CC(C)(Oc1ccccc1[N+](=O)[O-])C(N)=O. The van der Waals surface area contributed by atoms with Crippen molar-refractivity contribution in [2.45, 2.75) is 19.4 Å². The van der Waals surface area contributed by atoms with Gasteiger partial charge in [0.1, 0.15) is 0 Å². The fraction of sp³-hybridized carbons (Fsp3) is 0.300. The Balaban J connectivity index is 3.06. The molecule has 0 aliphatic heterocycles. The molecule has 1 aromatic carbocycles. The maximum Gasteiger partial charge on any atom is 0.310 e. The van der Waals surface area contributed by atoms with Crippen LogP contribution in [0, 0.1) is 10.1 Å². The molecule has 0 saturated heterocycles. The molecule has 0 aliphatic carbocycles. The van der Waals surface area contributed by atoms with E-state index < -0.39 is 16.4 Å². The number of benzene rings is 1. The molecule has 1 aromatic rings. The number of nitrogens with two attached hydrogens (primary N) is 1. The first-order valence-electron chi connectivity index (χ1n) is 4.57. The monoisotopic (exact) mass is 224 g/mol. The molecule has 0 aliphatic rings. The quantitative estimate of drug-likeness (QED) is 0.614. The second-order valence-electron chi connectivity index (χ2n) is 3.70. The number of nitro benzene ring substituents is 1. The number of rotatable bonds is 4. The van der Waals surface area contributed by atoms with Gasteiger partial charge < -0.3 is 10.5 Å². The Labute approximate surface area is 92.2 Å². The number of primary amides is 1. The maximum absolute atomic E-state index is 11.0. The van der Waals surface area contributed by atoms with E-state index in [2.05, 4.69) is 0 Å². The van der Waals surface area contributed by atoms with Crippen molar-refractivity contribution < 1.29 is 14.5 Å². The van der Waals surface area contributed by atoms with Crippen LogP contribution in [0.1, 0.15) is 13.8 Å². The summed E-state index contributed by atoms with van der Waals surface area (Å²) in [5.41, 5.74) is 3.63. The third-order valence-electron chi connectivity index (χ3n) is 2.02. The van der Waals surface area contributed by atoms with Gasteiger partial charge in [-0.25, -0.2) is 0 Å². The van der Waals surface area contributed by atoms with Crippen LogP contribution in [0.4, 0.5) is 5.69 Å². The minimum absolute atomic E-state index is 0.0244. The number of nitrogens with zero attached hydrogens (tertiary/aromatic N) is 1. The number of hydrogen-bond donors (Lipinski definition) is 1. The van der Waals surface area contributed by atoms with Gasteiger partial charge in [0.25, 0.3) is 5.91 Å². The summed E-state index contributed by atoms with van der Waals surface area (Å²) < 4.78 is 5.24. The summed E-state index contributed by atoms with van der Waals surface area (Å²) in [6.07, 6.45) is 0. The highest BCUT2D eigenvalue weighted by atomic mass is 16.6. The molecular weight excluding hydrogens is 212 g/mol. The van der Waals surface area contributed by atoms with E-state index in [1.807, 2.05) is 0 Å². The number of para-hydroxylation sites is 2. The van der Waals surface area contributed by atoms with Crippen LogP contribution in [0.25, 0.3) is 0 Å². The van der Waals surface area contributed by atoms with Gasteiger partial charge >= 0.3 is 5.69 Å². The summed E-state index contributed by atoms with van der Waals surface area (Å²) in [7, 11) is 0. The third-order valence-corrected chi connectivity index (χ3v) is 2.02. The van der Waals surface area contributed by atoms with E-state index in [1.54, 1.807) is 6.07 Å². The van der Waals surface area contributed by atoms with Gasteiger partial charge in [-0.2, -0.15) is 0 Å². The summed E-state index contributed by atoms with van der Waals surface area (Å²) in [5, 5.41) is 10.7. The Morgan fingerprint density at radius 1 is 1.44 bits per heavy atom. The summed E-state index contributed by atoms with van der Waals surface area (Å²) in [4.78, 5) is 21.1. The molecule has 1 rings (SSSR count). The Morgan fingerprint density at radius 2 is 2.00 bits per heavy atom. The topological polar surface area (TPSA) is 95.5 Å². The molecule has 6 heteroatoms. The molecule has 1 amide bonds. The average Bonchev–Trinajstić information content (AvgIpc) is 2.17. The molecule has 16 heavy (non-hydrogen) atoms. The van der Waals surface area contributed by atoms with E-state index >= 15 is 0 Å². The van der Waals surface area contributed by atoms with Gasteiger partial charge in [-0.05, 0) is 19.9 Å². The van der Waals surface area contributed by atoms with Crippen LogP contribution in [-0.2, 0) is 4.79 Å². The van der Waals surface area contributed by atoms with Crippen molar-refractivity contribution in [2.75, 3.05) is 0 Å². The Kier molecular flexibility index (Phi) is 3.12. The number of ether oxygens (including phenoxy) is 1. The fourth-order valence-corrected chi connectivity index (χ4v) is 1.02. The molecular formula is C10H12N2O4. The van der Waals surface area contributed by atoms with E-state index in [4.69, 9.17) is 10.5 Å². The molecule has 0 heterocycles. The van der Waals surface area contributed by atoms with Crippen LogP contribution in [-0.4, -0.2) is 16.4 Å². The lowest BCUT2D eigenvalue weighted by Gasteiger charge is -2.22. The predicted molar refractivity (Wildman–Crippen MR) is 57.0 cm³/mol. The fourth-order valence-electron chi connectivity index (χ4n) is 1.02. The highest BCUT2D eigenvalue weighted by Gasteiger charge is 2.29. The van der Waals surface area contributed by atoms with Crippen molar-refractivity contribution >= 4 is 11.6 Å². The van der Waals surface area contributed by atoms with Gasteiger partial charge in [-0.1, -0.05) is 12.1 Å². The van der Waals surface area contributed by atoms with Crippen molar-refractivity contribution in [3.05, 3.63) is 34.4 Å². The van der Waals surface area contributed by atoms with E-state index in [9.17, 15) is 14.9 Å². The van der Waals surface area contributed by atoms with E-state index in [0.29, 0.717) is 0 Å². The summed E-state index contributed by atoms with van der Waals surface area (Å²) in [5.74, 6) is -0.665. The molecule has 0 unspecified atom stereocenters. The van der Waals surface area contributed by atoms with Gasteiger partial charge in [0.15, 0.2) is 11.4 Å². The van der Waals surface area contributed by atoms with E-state index in [-0.39, 0.29) is 11.4 Å². The Morgan fingerprint density at radius 3 is 2.50 bits per heavy atom. The smallest absolute Gasteiger partial charge is 0.310 e. The molecule has 86 valence electrons. The zero-order chi connectivity index (χ0) is 12.3. The van der Waals surface area contributed by atoms with Crippen LogP contribution >= 0.6 is 0 Å². The lowest BCUT2D eigenvalue weighted by atomic mass is 10.1. The van der Waals surface area contributed by atoms with Crippen molar-refractivity contribution in [3.8, 4) is 5.75 Å². The zero-order valence-electron chi connectivity index (χ0n) is 8.97. The van der Waals surface area contributed by atoms with Crippen LogP contribution in [0.5, 0.6) is 5.75 Å². The number of nitro groups is 1. The summed E-state index contributed by atoms with van der Waals surface area (Å²) >= 11 is 0. The van der Waals surface area contributed by atoms with E-state index in [0.717, 1.165) is 0 Å². The first-order chi connectivity index (χ1) is 7.34. The Bertz CT molecular complexity index is 429. The first kappa shape index (κ1) is 12.0. The average molecular weight is 224 g/mol. The number of carbonyl (C=O) groups is 1. The zero-order valence-corrected chi connectivity index (χ0v) is 8.97. The minimum Gasteiger partial charge on any atom is -0.471 e. The maximum atomic E-state index is 11.0. The standard InChI is InChI=1S/C10H12N2O4/c1-10(2,9(11)13)16-8-6-4-3-5-7(8)12(14)15/h3-6H,1-2H3,(H2,11,13). The number of hydrogen-bond acceptors (Lipinski definition) is 4. The van der Waals surface area contributed by atoms with Gasteiger partial charge in [-0.3, -0.25) is 14.9 Å². The number of amides is 1. The van der Waals surface area contributed by atoms with Crippen LogP contribution in [0.2, 0.25) is 0 Å². The molecule has 6 nitrogen and oxygen atoms in total. The molecule has 0 saturated carbocycles. The summed E-state index contributed by atoms with van der Waals surface area (Å²) in [6.45, 7) is 2.90. The molecule has 0 aromatic heterocycles. The predicted octanol–water partition coefficient (Wildman–Crippen LogP) is 1.24. The number of carbonyl (C=O) groups excluding carboxylic acids is 1. The minimum atomic E-state index is -1.29. The lowest BCUT2D eigenvalue weighted by Crippen LogP contribution is -2.43. The normalized spacial score (nSPS) is 10.9. The Hall–Kier alpha value is -2.11. The van der Waals surface area contributed by atoms with E-state index in [1.165, 1.54) is 32.0 Å². The van der Waals surface area contributed by atoms with Gasteiger partial charge in [0.05, 0.1) is 4.92 Å². The van der Waals surface area contributed by atoms with Crippen LogP contribution in [0.3, 0.4) is 0 Å². The summed E-state index contributed by atoms with van der Waals surface area (Å²) in [6, 6.07) is 5.82. The largest absolute Gasteiger partial charge is 0.471 e. The molecule has 0 radical (unpaired) electrons. The first-order valence-corrected chi connectivity index (χ1v) is 4.57. The van der Waals surface area contributed by atoms with Crippen molar-refractivity contribution in [3.63, 3.8) is 0 Å². The van der Waals surface area contributed by atoms with Gasteiger partial charge in [0, 0.05) is 6.07 Å². The van der Waals surface area contributed by atoms with Gasteiger partial charge in [0.2, 0.25) is 0 Å².